The predicted octanol–water partition coefficient (Wildman–Crippen LogP) is 1.46. The number of carbonyl (C=O) groups excluding carboxylic acids is 2. The fourth-order valence-electron chi connectivity index (χ4n) is 1.99. The molecule has 0 saturated heterocycles. The van der Waals surface area contributed by atoms with Gasteiger partial charge in [0.05, 0.1) is 16.8 Å². The first kappa shape index (κ1) is 10.5. The van der Waals surface area contributed by atoms with Gasteiger partial charge < -0.3 is 5.73 Å². The zero-order chi connectivity index (χ0) is 12.7. The topological polar surface area (TPSA) is 76.3 Å². The van der Waals surface area contributed by atoms with Crippen molar-refractivity contribution in [2.24, 2.45) is 0 Å². The van der Waals surface area contributed by atoms with E-state index in [-0.39, 0.29) is 11.8 Å². The average Bonchev–Trinajstić information content (AvgIpc) is 2.63. The van der Waals surface area contributed by atoms with Gasteiger partial charge in [-0.1, -0.05) is 0 Å². The molecule has 0 atom stereocenters. The van der Waals surface area contributed by atoms with Crippen LogP contribution in [0.25, 0.3) is 0 Å². The summed E-state index contributed by atoms with van der Waals surface area (Å²) in [6.45, 7) is 0. The number of aromatic nitrogens is 1. The maximum absolute atomic E-state index is 12.2. The molecule has 2 amide bonds. The first-order valence-corrected chi connectivity index (χ1v) is 5.37. The molecule has 0 bridgehead atoms. The van der Waals surface area contributed by atoms with Gasteiger partial charge in [-0.15, -0.1) is 0 Å². The first-order valence-electron chi connectivity index (χ1n) is 5.37. The van der Waals surface area contributed by atoms with Gasteiger partial charge in [-0.05, 0) is 30.3 Å². The number of hydrogen-bond donors (Lipinski definition) is 1. The maximum Gasteiger partial charge on any atom is 0.266 e. The van der Waals surface area contributed by atoms with Crippen LogP contribution in [-0.2, 0) is 0 Å². The van der Waals surface area contributed by atoms with Crippen LogP contribution in [0.2, 0.25) is 0 Å². The van der Waals surface area contributed by atoms with Crippen molar-refractivity contribution in [3.05, 3.63) is 53.9 Å². The van der Waals surface area contributed by atoms with E-state index in [1.165, 1.54) is 18.5 Å². The van der Waals surface area contributed by atoms with Crippen LogP contribution < -0.4 is 10.6 Å². The highest BCUT2D eigenvalue weighted by Gasteiger charge is 2.36. The number of imide groups is 1. The summed E-state index contributed by atoms with van der Waals surface area (Å²) in [4.78, 5) is 29.3. The molecule has 2 N–H and O–H groups in total. The van der Waals surface area contributed by atoms with Crippen molar-refractivity contribution in [1.29, 1.82) is 0 Å². The van der Waals surface area contributed by atoms with Gasteiger partial charge in [0.15, 0.2) is 0 Å². The quantitative estimate of drug-likeness (QED) is 0.603. The smallest absolute Gasteiger partial charge is 0.266 e. The van der Waals surface area contributed by atoms with Crippen molar-refractivity contribution in [2.45, 2.75) is 0 Å². The fraction of sp³-hybridized carbons (Fsp3) is 0. The van der Waals surface area contributed by atoms with E-state index >= 15 is 0 Å². The van der Waals surface area contributed by atoms with Crippen LogP contribution in [0.3, 0.4) is 0 Å². The number of hydrogen-bond acceptors (Lipinski definition) is 4. The van der Waals surface area contributed by atoms with Gasteiger partial charge in [-0.25, -0.2) is 4.90 Å². The first-order chi connectivity index (χ1) is 8.68. The van der Waals surface area contributed by atoms with Crippen LogP contribution in [0.15, 0.2) is 42.7 Å². The Morgan fingerprint density at radius 1 is 0.944 bits per heavy atom. The number of nitrogens with zero attached hydrogens (tertiary/aromatic N) is 2. The van der Waals surface area contributed by atoms with Gasteiger partial charge in [0.2, 0.25) is 0 Å². The van der Waals surface area contributed by atoms with Crippen LogP contribution in [0.1, 0.15) is 20.7 Å². The molecule has 0 fully saturated rings. The normalized spacial score (nSPS) is 13.9. The Bertz CT molecular complexity index is 653. The van der Waals surface area contributed by atoms with Crippen LogP contribution in [-0.4, -0.2) is 16.8 Å². The Hall–Kier alpha value is -2.69. The molecule has 0 radical (unpaired) electrons. The monoisotopic (exact) mass is 239 g/mol. The van der Waals surface area contributed by atoms with Gasteiger partial charge >= 0.3 is 0 Å². The molecule has 1 aliphatic heterocycles. The number of nitrogens with two attached hydrogens (primary N) is 1. The second-order valence-electron chi connectivity index (χ2n) is 3.96. The zero-order valence-corrected chi connectivity index (χ0v) is 9.33. The highest BCUT2D eigenvalue weighted by atomic mass is 16.2. The fourth-order valence-corrected chi connectivity index (χ4v) is 1.99. The predicted molar refractivity (Wildman–Crippen MR) is 66.2 cm³/mol. The molecule has 0 unspecified atom stereocenters. The number of fused-ring (bicyclic) bond motifs is 1. The second kappa shape index (κ2) is 3.66. The van der Waals surface area contributed by atoms with E-state index in [0.29, 0.717) is 22.5 Å². The number of anilines is 2. The number of pyridine rings is 1. The lowest BCUT2D eigenvalue weighted by Gasteiger charge is -2.12. The molecule has 18 heavy (non-hydrogen) atoms. The molecule has 2 heterocycles. The van der Waals surface area contributed by atoms with Crippen molar-refractivity contribution < 1.29 is 9.59 Å². The molecule has 0 spiro atoms. The number of rotatable bonds is 1. The van der Waals surface area contributed by atoms with E-state index in [9.17, 15) is 9.59 Å². The molecule has 5 nitrogen and oxygen atoms in total. The maximum atomic E-state index is 12.2. The van der Waals surface area contributed by atoms with Crippen LogP contribution in [0.4, 0.5) is 11.4 Å². The average molecular weight is 239 g/mol. The van der Waals surface area contributed by atoms with Gasteiger partial charge in [-0.3, -0.25) is 14.6 Å². The Morgan fingerprint density at radius 3 is 2.33 bits per heavy atom. The standard InChI is InChI=1S/C13H9N3O2/c14-8-1-2-10-11(7-8)13(18)16(12(10)17)9-3-5-15-6-4-9/h1-7H,14H2. The largest absolute Gasteiger partial charge is 0.399 e. The molecular formula is C13H9N3O2. The van der Waals surface area contributed by atoms with E-state index < -0.39 is 0 Å². The van der Waals surface area contributed by atoms with E-state index in [0.717, 1.165) is 4.90 Å². The summed E-state index contributed by atoms with van der Waals surface area (Å²) < 4.78 is 0. The zero-order valence-electron chi connectivity index (χ0n) is 9.33. The second-order valence-corrected chi connectivity index (χ2v) is 3.96. The summed E-state index contributed by atoms with van der Waals surface area (Å²) in [7, 11) is 0. The summed E-state index contributed by atoms with van der Waals surface area (Å²) in [5, 5.41) is 0. The molecule has 1 aromatic heterocycles. The molecule has 1 aliphatic rings. The van der Waals surface area contributed by atoms with E-state index in [2.05, 4.69) is 4.98 Å². The molecule has 3 rings (SSSR count). The van der Waals surface area contributed by atoms with Gasteiger partial charge in [0.1, 0.15) is 0 Å². The summed E-state index contributed by atoms with van der Waals surface area (Å²) in [5.74, 6) is -0.685. The van der Waals surface area contributed by atoms with Gasteiger partial charge in [-0.2, -0.15) is 0 Å². The highest BCUT2D eigenvalue weighted by Crippen LogP contribution is 2.28. The number of amides is 2. The third-order valence-corrected chi connectivity index (χ3v) is 2.83. The third-order valence-electron chi connectivity index (χ3n) is 2.83. The summed E-state index contributed by atoms with van der Waals surface area (Å²) in [6.07, 6.45) is 3.07. The van der Waals surface area contributed by atoms with E-state index in [1.54, 1.807) is 24.3 Å². The summed E-state index contributed by atoms with van der Waals surface area (Å²) in [6, 6.07) is 7.94. The Labute approximate surface area is 103 Å². The van der Waals surface area contributed by atoms with Crippen molar-refractivity contribution in [3.63, 3.8) is 0 Å². The molecule has 0 saturated carbocycles. The lowest BCUT2D eigenvalue weighted by atomic mass is 10.1. The lowest BCUT2D eigenvalue weighted by molar-refractivity contribution is 0.0926. The van der Waals surface area contributed by atoms with Crippen LogP contribution in [0.5, 0.6) is 0 Å². The van der Waals surface area contributed by atoms with Crippen molar-refractivity contribution in [3.8, 4) is 0 Å². The minimum absolute atomic E-state index is 0.332. The van der Waals surface area contributed by atoms with Gasteiger partial charge in [0, 0.05) is 18.1 Å². The minimum atomic E-state index is -0.353. The van der Waals surface area contributed by atoms with Crippen molar-refractivity contribution in [2.75, 3.05) is 10.6 Å². The van der Waals surface area contributed by atoms with Crippen molar-refractivity contribution in [1.82, 2.24) is 4.98 Å². The minimum Gasteiger partial charge on any atom is -0.399 e. The Kier molecular flexibility index (Phi) is 2.13. The number of carbonyl (C=O) groups is 2. The van der Waals surface area contributed by atoms with E-state index in [4.69, 9.17) is 5.73 Å². The number of benzene rings is 1. The molecule has 2 aromatic rings. The van der Waals surface area contributed by atoms with Gasteiger partial charge in [0.25, 0.3) is 11.8 Å². The Morgan fingerprint density at radius 2 is 1.61 bits per heavy atom. The Balaban J connectivity index is 2.13. The third kappa shape index (κ3) is 1.37. The molecule has 5 heteroatoms. The van der Waals surface area contributed by atoms with Crippen LogP contribution in [0, 0.1) is 0 Å². The van der Waals surface area contributed by atoms with Crippen molar-refractivity contribution >= 4 is 23.2 Å². The molecule has 0 aliphatic carbocycles. The molecule has 1 aromatic carbocycles. The molecule has 88 valence electrons. The molecular weight excluding hydrogens is 230 g/mol. The lowest BCUT2D eigenvalue weighted by Crippen LogP contribution is -2.29. The highest BCUT2D eigenvalue weighted by molar-refractivity contribution is 6.34. The summed E-state index contributed by atoms with van der Waals surface area (Å²) >= 11 is 0. The summed E-state index contributed by atoms with van der Waals surface area (Å²) in [5.41, 5.74) is 7.33. The number of nitrogen functional groups attached to an aromatic ring is 1. The van der Waals surface area contributed by atoms with Crippen LogP contribution >= 0.6 is 0 Å². The van der Waals surface area contributed by atoms with E-state index in [1.807, 2.05) is 0 Å². The SMILES string of the molecule is Nc1ccc2c(c1)C(=O)N(c1ccncc1)C2=O.